The van der Waals surface area contributed by atoms with Gasteiger partial charge >= 0.3 is 0 Å². The highest BCUT2D eigenvalue weighted by Gasteiger charge is 2.14. The first-order valence-electron chi connectivity index (χ1n) is 10.1. The fourth-order valence-corrected chi connectivity index (χ4v) is 3.58. The molecule has 0 saturated heterocycles. The average molecular weight is 401 g/mol. The topological polar surface area (TPSA) is 47.6 Å². The van der Waals surface area contributed by atoms with Crippen molar-refractivity contribution >= 4 is 33.7 Å². The predicted molar refractivity (Wildman–Crippen MR) is 132 cm³/mol. The molecule has 4 rings (SSSR count). The van der Waals surface area contributed by atoms with E-state index in [4.69, 9.17) is 0 Å². The van der Waals surface area contributed by atoms with Crippen molar-refractivity contribution < 1.29 is 0 Å². The molecule has 0 amide bonds. The van der Waals surface area contributed by atoms with Crippen LogP contribution in [0.25, 0.3) is 33.7 Å². The molecule has 0 heterocycles. The molecule has 0 saturated carbocycles. The molecular formula is C29H24N2. The summed E-state index contributed by atoms with van der Waals surface area (Å²) in [5, 5.41) is 23.0. The lowest BCUT2D eigenvalue weighted by molar-refractivity contribution is 1.46. The van der Waals surface area contributed by atoms with Crippen LogP contribution in [0.2, 0.25) is 0 Å². The Kier molecular flexibility index (Phi) is 6.66. The van der Waals surface area contributed by atoms with Crippen molar-refractivity contribution in [3.63, 3.8) is 0 Å². The van der Waals surface area contributed by atoms with Crippen LogP contribution >= 0.6 is 0 Å². The van der Waals surface area contributed by atoms with Crippen LogP contribution in [0.4, 0.5) is 0 Å². The van der Waals surface area contributed by atoms with E-state index < -0.39 is 0 Å². The molecule has 2 nitrogen and oxygen atoms in total. The molecule has 150 valence electrons. The lowest BCUT2D eigenvalue weighted by Crippen LogP contribution is -1.92. The van der Waals surface area contributed by atoms with Gasteiger partial charge in [0.15, 0.2) is 0 Å². The summed E-state index contributed by atoms with van der Waals surface area (Å²) in [6.45, 7) is 9.36. The smallest absolute Gasteiger partial charge is 0.101 e. The van der Waals surface area contributed by atoms with E-state index in [1.807, 2.05) is 38.1 Å². The minimum absolute atomic E-state index is 0.447. The van der Waals surface area contributed by atoms with Crippen LogP contribution in [0.3, 0.4) is 0 Å². The third-order valence-electron chi connectivity index (χ3n) is 5.07. The number of hydrogen-bond donors (Lipinski definition) is 0. The van der Waals surface area contributed by atoms with Crippen LogP contribution in [-0.4, -0.2) is 0 Å². The number of benzene rings is 4. The standard InChI is InChI=1S/C26H18N2.C3H6/c1-17-3-6-19(7-4-17)8-9-20-10-12-22-24(14-20)23-13-18(2)5-11-21(23)25(15-27)26(22)16-28;1-3-2/h3-14H,1-2H3;3H,1H2,2H3. The summed E-state index contributed by atoms with van der Waals surface area (Å²) in [5.41, 5.74) is 5.47. The second kappa shape index (κ2) is 9.57. The number of fused-ring (bicyclic) bond motifs is 3. The van der Waals surface area contributed by atoms with Gasteiger partial charge in [0, 0.05) is 10.8 Å². The Morgan fingerprint density at radius 2 is 1.10 bits per heavy atom. The summed E-state index contributed by atoms with van der Waals surface area (Å²) >= 11 is 0. The minimum Gasteiger partial charge on any atom is -0.192 e. The fraction of sp³-hybridized carbons (Fsp3) is 0.103. The molecule has 0 aliphatic carbocycles. The molecule has 0 radical (unpaired) electrons. The van der Waals surface area contributed by atoms with Crippen molar-refractivity contribution in [1.82, 2.24) is 0 Å². The van der Waals surface area contributed by atoms with Crippen LogP contribution in [0.15, 0.2) is 73.3 Å². The molecule has 0 aromatic heterocycles. The van der Waals surface area contributed by atoms with Gasteiger partial charge in [0.1, 0.15) is 12.1 Å². The molecule has 4 aromatic carbocycles. The number of nitrogens with zero attached hydrogens (tertiary/aromatic N) is 2. The van der Waals surface area contributed by atoms with E-state index in [0.29, 0.717) is 11.1 Å². The quantitative estimate of drug-likeness (QED) is 0.196. The van der Waals surface area contributed by atoms with Gasteiger partial charge in [0.2, 0.25) is 0 Å². The van der Waals surface area contributed by atoms with Gasteiger partial charge in [-0.05, 0) is 48.7 Å². The molecule has 0 atom stereocenters. The summed E-state index contributed by atoms with van der Waals surface area (Å²) in [6, 6.07) is 24.9. The zero-order valence-electron chi connectivity index (χ0n) is 18.1. The van der Waals surface area contributed by atoms with Gasteiger partial charge in [-0.15, -0.1) is 6.58 Å². The molecule has 0 N–H and O–H groups in total. The zero-order valence-corrected chi connectivity index (χ0v) is 18.1. The van der Waals surface area contributed by atoms with E-state index in [1.165, 1.54) is 5.56 Å². The maximum atomic E-state index is 9.69. The summed E-state index contributed by atoms with van der Waals surface area (Å²) in [4.78, 5) is 0. The van der Waals surface area contributed by atoms with Crippen LogP contribution in [-0.2, 0) is 0 Å². The average Bonchev–Trinajstić information content (AvgIpc) is 2.78. The van der Waals surface area contributed by atoms with E-state index in [0.717, 1.165) is 38.2 Å². The number of rotatable bonds is 2. The van der Waals surface area contributed by atoms with E-state index >= 15 is 0 Å². The Morgan fingerprint density at radius 3 is 1.68 bits per heavy atom. The number of aryl methyl sites for hydroxylation is 2. The molecule has 0 aliphatic rings. The van der Waals surface area contributed by atoms with Gasteiger partial charge < -0.3 is 0 Å². The molecule has 0 spiro atoms. The minimum atomic E-state index is 0.447. The maximum Gasteiger partial charge on any atom is 0.101 e. The first kappa shape index (κ1) is 21.6. The lowest BCUT2D eigenvalue weighted by atomic mass is 9.91. The third kappa shape index (κ3) is 4.55. The lowest BCUT2D eigenvalue weighted by Gasteiger charge is -2.10. The molecule has 0 bridgehead atoms. The Balaban J connectivity index is 0.000000858. The molecule has 31 heavy (non-hydrogen) atoms. The molecule has 0 unspecified atom stereocenters. The van der Waals surface area contributed by atoms with Crippen LogP contribution in [0.1, 0.15) is 40.3 Å². The van der Waals surface area contributed by atoms with Crippen LogP contribution in [0.5, 0.6) is 0 Å². The number of allylic oxidation sites excluding steroid dienone is 1. The highest BCUT2D eigenvalue weighted by molar-refractivity contribution is 6.13. The Labute approximate surface area is 184 Å². The van der Waals surface area contributed by atoms with Crippen molar-refractivity contribution in [2.24, 2.45) is 0 Å². The summed E-state index contributed by atoms with van der Waals surface area (Å²) in [7, 11) is 0. The van der Waals surface area contributed by atoms with Gasteiger partial charge in [-0.3, -0.25) is 0 Å². The van der Waals surface area contributed by atoms with Crippen molar-refractivity contribution in [2.75, 3.05) is 0 Å². The maximum absolute atomic E-state index is 9.69. The fourth-order valence-electron chi connectivity index (χ4n) is 3.58. The van der Waals surface area contributed by atoms with Gasteiger partial charge in [-0.2, -0.15) is 10.5 Å². The zero-order chi connectivity index (χ0) is 22.4. The Hall–Kier alpha value is -4.14. The molecule has 0 aliphatic heterocycles. The molecule has 0 fully saturated rings. The number of nitriles is 2. The SMILES string of the molecule is C=CC.Cc1ccc(C=Cc2ccc3c(C#N)c(C#N)c4ccc(C)cc4c3c2)cc1. The van der Waals surface area contributed by atoms with E-state index in [9.17, 15) is 10.5 Å². The normalized spacial score (nSPS) is 10.4. The van der Waals surface area contributed by atoms with Crippen molar-refractivity contribution in [3.8, 4) is 12.1 Å². The highest BCUT2D eigenvalue weighted by Crippen LogP contribution is 2.34. The largest absolute Gasteiger partial charge is 0.192 e. The van der Waals surface area contributed by atoms with E-state index in [1.54, 1.807) is 6.08 Å². The first-order chi connectivity index (χ1) is 15.0. The molecular weight excluding hydrogens is 376 g/mol. The summed E-state index contributed by atoms with van der Waals surface area (Å²) < 4.78 is 0. The van der Waals surface area contributed by atoms with Crippen molar-refractivity contribution in [2.45, 2.75) is 20.8 Å². The monoisotopic (exact) mass is 400 g/mol. The van der Waals surface area contributed by atoms with Gasteiger partial charge in [-0.25, -0.2) is 0 Å². The Bertz CT molecular complexity index is 1380. The van der Waals surface area contributed by atoms with Gasteiger partial charge in [-0.1, -0.05) is 84.0 Å². The third-order valence-corrected chi connectivity index (χ3v) is 5.07. The van der Waals surface area contributed by atoms with Gasteiger partial charge in [0.05, 0.1) is 11.1 Å². The second-order valence-electron chi connectivity index (χ2n) is 7.48. The Morgan fingerprint density at radius 1 is 0.645 bits per heavy atom. The van der Waals surface area contributed by atoms with E-state index in [-0.39, 0.29) is 0 Å². The van der Waals surface area contributed by atoms with E-state index in [2.05, 4.69) is 74.2 Å². The highest BCUT2D eigenvalue weighted by atomic mass is 14.3. The van der Waals surface area contributed by atoms with Crippen LogP contribution in [0, 0.1) is 36.5 Å². The number of hydrogen-bond acceptors (Lipinski definition) is 2. The summed E-state index contributed by atoms with van der Waals surface area (Å²) in [6.07, 6.45) is 5.92. The predicted octanol–water partition coefficient (Wildman–Crippen LogP) is 7.72. The molecule has 4 aromatic rings. The van der Waals surface area contributed by atoms with Crippen molar-refractivity contribution in [3.05, 3.63) is 107 Å². The first-order valence-corrected chi connectivity index (χ1v) is 10.1. The molecule has 2 heteroatoms. The van der Waals surface area contributed by atoms with Gasteiger partial charge in [0.25, 0.3) is 0 Å². The van der Waals surface area contributed by atoms with Crippen molar-refractivity contribution in [1.29, 1.82) is 10.5 Å². The second-order valence-corrected chi connectivity index (χ2v) is 7.48. The summed E-state index contributed by atoms with van der Waals surface area (Å²) in [5.74, 6) is 0. The van der Waals surface area contributed by atoms with Crippen LogP contribution < -0.4 is 0 Å².